The lowest BCUT2D eigenvalue weighted by atomic mass is 9.43. The van der Waals surface area contributed by atoms with Gasteiger partial charge < -0.3 is 4.90 Å². The van der Waals surface area contributed by atoms with Crippen LogP contribution in [0.2, 0.25) is 0 Å². The molecule has 6 aromatic carbocycles. The number of hydrogen-bond donors (Lipinski definition) is 0. The first-order valence-corrected chi connectivity index (χ1v) is 19.5. The Labute approximate surface area is 292 Å². The maximum absolute atomic E-state index is 2.63. The Bertz CT molecular complexity index is 2990. The molecule has 0 aliphatic carbocycles. The minimum atomic E-state index is 0.230. The van der Waals surface area contributed by atoms with Gasteiger partial charge in [0.1, 0.15) is 0 Å². The van der Waals surface area contributed by atoms with Crippen molar-refractivity contribution in [3.63, 3.8) is 0 Å². The smallest absolute Gasteiger partial charge is 0.273 e. The molecule has 12 rings (SSSR count). The highest BCUT2D eigenvalue weighted by Crippen LogP contribution is 2.51. The van der Waals surface area contributed by atoms with E-state index in [0.717, 1.165) is 0 Å². The van der Waals surface area contributed by atoms with Crippen LogP contribution in [-0.2, 0) is 0 Å². The molecule has 222 valence electrons. The number of anilines is 3. The molecule has 10 aromatic rings. The Kier molecular flexibility index (Phi) is 5.18. The van der Waals surface area contributed by atoms with Crippen molar-refractivity contribution >= 4 is 135 Å². The molecule has 0 radical (unpaired) electrons. The third kappa shape index (κ3) is 3.36. The van der Waals surface area contributed by atoms with E-state index in [1.807, 2.05) is 45.3 Å². The van der Waals surface area contributed by atoms with Gasteiger partial charge in [-0.05, 0) is 86.4 Å². The molecule has 0 saturated carbocycles. The maximum atomic E-state index is 2.63. The quantitative estimate of drug-likeness (QED) is 0.164. The summed E-state index contributed by atoms with van der Waals surface area (Å²) in [6.07, 6.45) is 0. The third-order valence-corrected chi connectivity index (χ3v) is 14.9. The van der Waals surface area contributed by atoms with Gasteiger partial charge in [-0.15, -0.1) is 45.3 Å². The van der Waals surface area contributed by atoms with Crippen LogP contribution in [-0.4, -0.2) is 6.71 Å². The van der Waals surface area contributed by atoms with Crippen molar-refractivity contribution in [2.24, 2.45) is 0 Å². The highest BCUT2D eigenvalue weighted by atomic mass is 32.1. The number of rotatable bonds is 2. The largest absolute Gasteiger partial charge is 0.309 e. The fourth-order valence-electron chi connectivity index (χ4n) is 8.32. The molecule has 0 bridgehead atoms. The van der Waals surface area contributed by atoms with Crippen LogP contribution in [0.1, 0.15) is 0 Å². The first-order chi connectivity index (χ1) is 23.8. The van der Waals surface area contributed by atoms with Crippen LogP contribution in [0.5, 0.6) is 0 Å². The van der Waals surface area contributed by atoms with Crippen molar-refractivity contribution in [3.8, 4) is 22.3 Å². The standard InChI is InChI=1S/C42H22BNS4/c1-6-14-34-25(9-1)29-19-23(17-18-37(29)46-34)24-20-30-38-27-11-3-7-15-35(27)47-41(38)43-39(30)31(21-24)44(32-22-45-33-13-5-2-10-26(32)33)40-28-12-4-8-16-36(28)48-42(40)43/h1-22H. The topological polar surface area (TPSA) is 3.24 Å². The summed E-state index contributed by atoms with van der Waals surface area (Å²) in [5.74, 6) is 0. The van der Waals surface area contributed by atoms with Crippen LogP contribution in [0.25, 0.3) is 72.7 Å². The zero-order valence-corrected chi connectivity index (χ0v) is 28.6. The molecule has 0 fully saturated rings. The van der Waals surface area contributed by atoms with Gasteiger partial charge in [0.15, 0.2) is 0 Å². The van der Waals surface area contributed by atoms with Crippen LogP contribution in [0.3, 0.4) is 0 Å². The van der Waals surface area contributed by atoms with Crippen molar-refractivity contribution < 1.29 is 0 Å². The molecule has 48 heavy (non-hydrogen) atoms. The monoisotopic (exact) mass is 679 g/mol. The predicted molar refractivity (Wildman–Crippen MR) is 216 cm³/mol. The van der Waals surface area contributed by atoms with Crippen LogP contribution < -0.4 is 19.9 Å². The van der Waals surface area contributed by atoms with Crippen LogP contribution >= 0.6 is 45.3 Å². The Morgan fingerprint density at radius 3 is 1.94 bits per heavy atom. The van der Waals surface area contributed by atoms with E-state index >= 15 is 0 Å². The first-order valence-electron chi connectivity index (χ1n) is 16.2. The van der Waals surface area contributed by atoms with E-state index in [1.165, 1.54) is 105 Å². The van der Waals surface area contributed by atoms with E-state index in [0.29, 0.717) is 0 Å². The van der Waals surface area contributed by atoms with Crippen molar-refractivity contribution in [3.05, 3.63) is 133 Å². The number of fused-ring (bicyclic) bond motifs is 13. The Hall–Kier alpha value is -4.72. The molecule has 1 nitrogen and oxygen atoms in total. The average Bonchev–Trinajstić information content (AvgIpc) is 3.94. The molecular formula is C42H22BNS4. The highest BCUT2D eigenvalue weighted by molar-refractivity contribution is 7.41. The van der Waals surface area contributed by atoms with E-state index < -0.39 is 0 Å². The molecular weight excluding hydrogens is 658 g/mol. The van der Waals surface area contributed by atoms with Crippen molar-refractivity contribution in [1.82, 2.24) is 0 Å². The normalized spacial score (nSPS) is 13.3. The minimum Gasteiger partial charge on any atom is -0.309 e. The molecule has 0 N–H and O–H groups in total. The molecule has 0 spiro atoms. The van der Waals surface area contributed by atoms with Gasteiger partial charge in [0.25, 0.3) is 6.71 Å². The first kappa shape index (κ1) is 26.3. The van der Waals surface area contributed by atoms with E-state index in [-0.39, 0.29) is 6.71 Å². The van der Waals surface area contributed by atoms with Gasteiger partial charge in [0.2, 0.25) is 0 Å². The lowest BCUT2D eigenvalue weighted by Gasteiger charge is -2.34. The second-order valence-electron chi connectivity index (χ2n) is 12.8. The second-order valence-corrected chi connectivity index (χ2v) is 17.0. The Morgan fingerprint density at radius 2 is 1.10 bits per heavy atom. The van der Waals surface area contributed by atoms with Crippen molar-refractivity contribution in [2.45, 2.75) is 0 Å². The summed E-state index contributed by atoms with van der Waals surface area (Å²) in [4.78, 5) is 2.63. The number of nitrogens with zero attached hydrogens (tertiary/aromatic N) is 1. The number of thiophene rings is 4. The Balaban J connectivity index is 1.22. The molecule has 4 aromatic heterocycles. The molecule has 0 unspecified atom stereocenters. The highest BCUT2D eigenvalue weighted by Gasteiger charge is 2.47. The van der Waals surface area contributed by atoms with Crippen LogP contribution in [0.15, 0.2) is 133 Å². The summed E-state index contributed by atoms with van der Waals surface area (Å²) in [6.45, 7) is 0.230. The average molecular weight is 680 g/mol. The van der Waals surface area contributed by atoms with Gasteiger partial charge in [0, 0.05) is 60.9 Å². The summed E-state index contributed by atoms with van der Waals surface area (Å²) in [5, 5.41) is 9.09. The summed E-state index contributed by atoms with van der Waals surface area (Å²) in [6, 6.07) is 47.9. The zero-order valence-electron chi connectivity index (χ0n) is 25.4. The van der Waals surface area contributed by atoms with E-state index in [9.17, 15) is 0 Å². The molecule has 0 saturated heterocycles. The lowest BCUT2D eigenvalue weighted by molar-refractivity contribution is 1.35. The molecule has 0 atom stereocenters. The van der Waals surface area contributed by atoms with E-state index in [4.69, 9.17) is 0 Å². The SMILES string of the molecule is c1ccc2c(N3c4cc(-c5ccc6sc7ccccc7c6c5)cc5c4B(c4sc6ccccc6c4-5)c4sc5ccccc5c43)csc2c1. The summed E-state index contributed by atoms with van der Waals surface area (Å²) < 4.78 is 9.69. The van der Waals surface area contributed by atoms with Gasteiger partial charge in [0.05, 0.1) is 11.4 Å². The van der Waals surface area contributed by atoms with Crippen molar-refractivity contribution in [1.29, 1.82) is 0 Å². The Morgan fingerprint density at radius 1 is 0.458 bits per heavy atom. The molecule has 0 amide bonds. The summed E-state index contributed by atoms with van der Waals surface area (Å²) in [5.41, 5.74) is 10.8. The fourth-order valence-corrected chi connectivity index (χ4v) is 13.1. The maximum Gasteiger partial charge on any atom is 0.273 e. The zero-order chi connectivity index (χ0) is 31.1. The van der Waals surface area contributed by atoms with Crippen molar-refractivity contribution in [2.75, 3.05) is 4.90 Å². The van der Waals surface area contributed by atoms with Crippen LogP contribution in [0, 0.1) is 0 Å². The third-order valence-electron chi connectivity index (χ3n) is 10.3. The molecule has 6 heteroatoms. The summed E-state index contributed by atoms with van der Waals surface area (Å²) >= 11 is 7.70. The summed E-state index contributed by atoms with van der Waals surface area (Å²) in [7, 11) is 0. The van der Waals surface area contributed by atoms with Gasteiger partial charge in [-0.25, -0.2) is 0 Å². The predicted octanol–water partition coefficient (Wildman–Crippen LogP) is 11.6. The van der Waals surface area contributed by atoms with Gasteiger partial charge in [-0.3, -0.25) is 0 Å². The molecule has 2 aliphatic rings. The second kappa shape index (κ2) is 9.46. The van der Waals surface area contributed by atoms with Gasteiger partial charge in [-0.1, -0.05) is 78.9 Å². The fraction of sp³-hybridized carbons (Fsp3) is 0. The number of hydrogen-bond acceptors (Lipinski definition) is 5. The van der Waals surface area contributed by atoms with E-state index in [2.05, 4.69) is 138 Å². The molecule has 6 heterocycles. The van der Waals surface area contributed by atoms with Gasteiger partial charge in [-0.2, -0.15) is 0 Å². The van der Waals surface area contributed by atoms with Gasteiger partial charge >= 0.3 is 0 Å². The molecule has 2 aliphatic heterocycles. The number of benzene rings is 6. The lowest BCUT2D eigenvalue weighted by Crippen LogP contribution is -2.52. The van der Waals surface area contributed by atoms with E-state index in [1.54, 1.807) is 0 Å². The van der Waals surface area contributed by atoms with Crippen LogP contribution in [0.4, 0.5) is 17.1 Å². The minimum absolute atomic E-state index is 0.230.